The van der Waals surface area contributed by atoms with Gasteiger partial charge in [0.25, 0.3) is 0 Å². The minimum atomic E-state index is -0.360. The van der Waals surface area contributed by atoms with E-state index in [0.717, 1.165) is 5.69 Å². The molecule has 0 bridgehead atoms. The summed E-state index contributed by atoms with van der Waals surface area (Å²) in [5, 5.41) is 7.03. The molecule has 20 heavy (non-hydrogen) atoms. The molecule has 1 N–H and O–H groups in total. The Balaban J connectivity index is 1.74. The van der Waals surface area contributed by atoms with E-state index in [1.807, 2.05) is 18.2 Å². The number of halogens is 1. The van der Waals surface area contributed by atoms with E-state index in [1.54, 1.807) is 18.3 Å². The fourth-order valence-electron chi connectivity index (χ4n) is 1.83. The number of aromatic nitrogens is 4. The molecule has 3 aromatic rings. The Bertz CT molecular complexity index is 682. The molecular weight excluding hydrogens is 257 g/mol. The second kappa shape index (κ2) is 5.48. The molecule has 0 amide bonds. The molecular formula is C14H12FN5. The summed E-state index contributed by atoms with van der Waals surface area (Å²) >= 11 is 0. The van der Waals surface area contributed by atoms with Gasteiger partial charge in [0.2, 0.25) is 0 Å². The predicted molar refractivity (Wildman–Crippen MR) is 72.9 cm³/mol. The zero-order chi connectivity index (χ0) is 13.8. The summed E-state index contributed by atoms with van der Waals surface area (Å²) in [5.41, 5.74) is 1.95. The maximum Gasteiger partial charge on any atom is 0.150 e. The zero-order valence-corrected chi connectivity index (χ0v) is 10.6. The quantitative estimate of drug-likeness (QED) is 0.790. The van der Waals surface area contributed by atoms with Crippen LogP contribution in [-0.2, 0) is 6.54 Å². The molecule has 2 aromatic heterocycles. The van der Waals surface area contributed by atoms with Crippen molar-refractivity contribution in [1.29, 1.82) is 0 Å². The number of nitrogens with one attached hydrogen (secondary N) is 1. The van der Waals surface area contributed by atoms with Crippen LogP contribution in [0, 0.1) is 5.82 Å². The lowest BCUT2D eigenvalue weighted by Gasteiger charge is -2.08. The van der Waals surface area contributed by atoms with Crippen molar-refractivity contribution in [3.63, 3.8) is 0 Å². The first-order valence-corrected chi connectivity index (χ1v) is 6.11. The number of nitrogens with zero attached hydrogens (tertiary/aromatic N) is 4. The molecule has 0 saturated carbocycles. The lowest BCUT2D eigenvalue weighted by atomic mass is 10.2. The number of anilines is 1. The van der Waals surface area contributed by atoms with Crippen molar-refractivity contribution in [1.82, 2.24) is 19.7 Å². The lowest BCUT2D eigenvalue weighted by Crippen LogP contribution is -2.03. The Hall–Kier alpha value is -2.76. The largest absolute Gasteiger partial charge is 0.379 e. The molecule has 2 heterocycles. The number of rotatable bonds is 4. The Morgan fingerprint density at radius 1 is 1.20 bits per heavy atom. The monoisotopic (exact) mass is 269 g/mol. The summed E-state index contributed by atoms with van der Waals surface area (Å²) in [6.45, 7) is 0.545. The second-order valence-electron chi connectivity index (χ2n) is 4.18. The van der Waals surface area contributed by atoms with Crippen molar-refractivity contribution in [2.24, 2.45) is 0 Å². The summed E-state index contributed by atoms with van der Waals surface area (Å²) < 4.78 is 15.4. The van der Waals surface area contributed by atoms with Crippen LogP contribution >= 0.6 is 0 Å². The van der Waals surface area contributed by atoms with E-state index in [0.29, 0.717) is 17.9 Å². The van der Waals surface area contributed by atoms with E-state index in [1.165, 1.54) is 23.4 Å². The van der Waals surface area contributed by atoms with Gasteiger partial charge in [-0.15, -0.1) is 0 Å². The van der Waals surface area contributed by atoms with Crippen molar-refractivity contribution >= 4 is 5.69 Å². The van der Waals surface area contributed by atoms with Crippen molar-refractivity contribution in [3.8, 4) is 5.69 Å². The molecule has 0 aliphatic carbocycles. The van der Waals surface area contributed by atoms with Crippen LogP contribution < -0.4 is 5.32 Å². The zero-order valence-electron chi connectivity index (χ0n) is 10.6. The van der Waals surface area contributed by atoms with Gasteiger partial charge in [-0.3, -0.25) is 4.98 Å². The van der Waals surface area contributed by atoms with Gasteiger partial charge in [0.1, 0.15) is 18.3 Å². The van der Waals surface area contributed by atoms with Gasteiger partial charge in [0.05, 0.1) is 12.2 Å². The van der Waals surface area contributed by atoms with Gasteiger partial charge in [-0.1, -0.05) is 6.07 Å². The molecule has 0 aliphatic rings. The molecule has 0 aliphatic heterocycles. The summed E-state index contributed by atoms with van der Waals surface area (Å²) in [5.74, 6) is -0.360. The number of benzene rings is 1. The summed E-state index contributed by atoms with van der Waals surface area (Å²) in [7, 11) is 0. The highest BCUT2D eigenvalue weighted by Gasteiger charge is 2.06. The molecule has 0 atom stereocenters. The topological polar surface area (TPSA) is 55.6 Å². The van der Waals surface area contributed by atoms with Crippen molar-refractivity contribution in [2.75, 3.05) is 5.32 Å². The molecule has 0 spiro atoms. The molecule has 6 heteroatoms. The second-order valence-corrected chi connectivity index (χ2v) is 4.18. The van der Waals surface area contributed by atoms with Crippen LogP contribution in [0.1, 0.15) is 5.69 Å². The molecule has 5 nitrogen and oxygen atoms in total. The first-order chi connectivity index (χ1) is 9.83. The third-order valence-corrected chi connectivity index (χ3v) is 2.81. The van der Waals surface area contributed by atoms with Crippen LogP contribution in [0.25, 0.3) is 5.69 Å². The van der Waals surface area contributed by atoms with E-state index < -0.39 is 0 Å². The summed E-state index contributed by atoms with van der Waals surface area (Å²) in [6, 6.07) is 10.6. The minimum absolute atomic E-state index is 0.360. The smallest absolute Gasteiger partial charge is 0.150 e. The maximum absolute atomic E-state index is 14.0. The van der Waals surface area contributed by atoms with Crippen molar-refractivity contribution < 1.29 is 4.39 Å². The highest BCUT2D eigenvalue weighted by atomic mass is 19.1. The van der Waals surface area contributed by atoms with Crippen molar-refractivity contribution in [3.05, 3.63) is 66.8 Å². The van der Waals surface area contributed by atoms with E-state index >= 15 is 0 Å². The van der Waals surface area contributed by atoms with Gasteiger partial charge in [-0.25, -0.2) is 14.1 Å². The van der Waals surface area contributed by atoms with E-state index in [9.17, 15) is 4.39 Å². The maximum atomic E-state index is 14.0. The van der Waals surface area contributed by atoms with Crippen LogP contribution in [0.15, 0.2) is 55.2 Å². The van der Waals surface area contributed by atoms with Gasteiger partial charge in [-0.2, -0.15) is 5.10 Å². The van der Waals surface area contributed by atoms with Crippen LogP contribution in [0.4, 0.5) is 10.1 Å². The molecule has 0 radical (unpaired) electrons. The van der Waals surface area contributed by atoms with Gasteiger partial charge in [-0.05, 0) is 30.3 Å². The Morgan fingerprint density at radius 3 is 2.85 bits per heavy atom. The van der Waals surface area contributed by atoms with Crippen LogP contribution in [0.3, 0.4) is 0 Å². The molecule has 3 rings (SSSR count). The number of hydrogen-bond donors (Lipinski definition) is 1. The molecule has 0 fully saturated rings. The predicted octanol–water partition coefficient (Wildman–Crippen LogP) is 2.41. The highest BCUT2D eigenvalue weighted by molar-refractivity contribution is 5.49. The lowest BCUT2D eigenvalue weighted by molar-refractivity contribution is 0.611. The van der Waals surface area contributed by atoms with Gasteiger partial charge in [0.15, 0.2) is 5.82 Å². The van der Waals surface area contributed by atoms with Crippen LogP contribution in [-0.4, -0.2) is 19.7 Å². The molecule has 100 valence electrons. The van der Waals surface area contributed by atoms with Gasteiger partial charge in [0, 0.05) is 11.9 Å². The third kappa shape index (κ3) is 2.64. The fraction of sp³-hybridized carbons (Fsp3) is 0.0714. The standard InChI is InChI=1S/C14H12FN5/c15-13-7-11(18-8-12-3-1-2-6-17-12)4-5-14(13)20-10-16-9-19-20/h1-7,9-10,18H,8H2. The number of hydrogen-bond acceptors (Lipinski definition) is 4. The van der Waals surface area contributed by atoms with Crippen molar-refractivity contribution in [2.45, 2.75) is 6.54 Å². The first kappa shape index (κ1) is 12.3. The average Bonchev–Trinajstić information content (AvgIpc) is 3.00. The number of pyridine rings is 1. The van der Waals surface area contributed by atoms with Gasteiger partial charge >= 0.3 is 0 Å². The average molecular weight is 269 g/mol. The Kier molecular flexibility index (Phi) is 3.36. The Labute approximate surface area is 115 Å². The first-order valence-electron chi connectivity index (χ1n) is 6.11. The Morgan fingerprint density at radius 2 is 2.15 bits per heavy atom. The van der Waals surface area contributed by atoms with Crippen LogP contribution in [0.5, 0.6) is 0 Å². The van der Waals surface area contributed by atoms with Crippen LogP contribution in [0.2, 0.25) is 0 Å². The molecule has 0 saturated heterocycles. The summed E-state index contributed by atoms with van der Waals surface area (Å²) in [4.78, 5) is 8.00. The fourth-order valence-corrected chi connectivity index (χ4v) is 1.83. The van der Waals surface area contributed by atoms with E-state index in [2.05, 4.69) is 20.4 Å². The van der Waals surface area contributed by atoms with Gasteiger partial charge < -0.3 is 5.32 Å². The summed E-state index contributed by atoms with van der Waals surface area (Å²) in [6.07, 6.45) is 4.55. The van der Waals surface area contributed by atoms with E-state index in [-0.39, 0.29) is 5.82 Å². The van der Waals surface area contributed by atoms with E-state index in [4.69, 9.17) is 0 Å². The highest BCUT2D eigenvalue weighted by Crippen LogP contribution is 2.17. The molecule has 0 unspecified atom stereocenters. The molecule has 1 aromatic carbocycles. The third-order valence-electron chi connectivity index (χ3n) is 2.81. The SMILES string of the molecule is Fc1cc(NCc2ccccn2)ccc1-n1cncn1. The minimum Gasteiger partial charge on any atom is -0.379 e. The normalized spacial score (nSPS) is 10.4.